The SMILES string of the molecule is N#CC1(NC(=O)CSc2n[nH]c(-c3ccccc3F)n2)CCCC1. The Morgan fingerprint density at radius 3 is 2.88 bits per heavy atom. The van der Waals surface area contributed by atoms with E-state index in [2.05, 4.69) is 26.6 Å². The minimum atomic E-state index is -0.727. The van der Waals surface area contributed by atoms with Crippen LogP contribution in [0.15, 0.2) is 29.4 Å². The Bertz CT molecular complexity index is 779. The number of amides is 1. The summed E-state index contributed by atoms with van der Waals surface area (Å²) in [6.07, 6.45) is 3.29. The third-order valence-electron chi connectivity index (χ3n) is 3.98. The van der Waals surface area contributed by atoms with Gasteiger partial charge in [-0.15, -0.1) is 5.10 Å². The van der Waals surface area contributed by atoms with Crippen molar-refractivity contribution in [3.8, 4) is 17.5 Å². The van der Waals surface area contributed by atoms with E-state index in [4.69, 9.17) is 0 Å². The highest BCUT2D eigenvalue weighted by Gasteiger charge is 2.35. The van der Waals surface area contributed by atoms with E-state index in [1.165, 1.54) is 6.07 Å². The molecule has 0 radical (unpaired) electrons. The predicted molar refractivity (Wildman–Crippen MR) is 87.5 cm³/mol. The maximum atomic E-state index is 13.7. The number of nitrogens with zero attached hydrogens (tertiary/aromatic N) is 3. The molecule has 3 rings (SSSR count). The van der Waals surface area contributed by atoms with Gasteiger partial charge in [-0.2, -0.15) is 5.26 Å². The Labute approximate surface area is 142 Å². The number of nitrogens with one attached hydrogen (secondary N) is 2. The third kappa shape index (κ3) is 3.57. The summed E-state index contributed by atoms with van der Waals surface area (Å²) in [4.78, 5) is 16.3. The van der Waals surface area contributed by atoms with Gasteiger partial charge in [0.25, 0.3) is 0 Å². The standard InChI is InChI=1S/C16H16FN5OS/c17-12-6-2-1-5-11(12)14-19-15(22-21-14)24-9-13(23)20-16(10-18)7-3-4-8-16/h1-2,5-6H,3-4,7-9H2,(H,20,23)(H,19,21,22). The highest BCUT2D eigenvalue weighted by molar-refractivity contribution is 7.99. The van der Waals surface area contributed by atoms with Gasteiger partial charge in [-0.3, -0.25) is 9.89 Å². The second-order valence-corrected chi connectivity index (χ2v) is 6.63. The average Bonchev–Trinajstić information content (AvgIpc) is 3.23. The summed E-state index contributed by atoms with van der Waals surface area (Å²) in [5, 5.41) is 19.1. The Balaban J connectivity index is 1.59. The fourth-order valence-corrected chi connectivity index (χ4v) is 3.36. The topological polar surface area (TPSA) is 94.5 Å². The fourth-order valence-electron chi connectivity index (χ4n) is 2.76. The lowest BCUT2D eigenvalue weighted by atomic mass is 10.0. The zero-order chi connectivity index (χ0) is 17.0. The summed E-state index contributed by atoms with van der Waals surface area (Å²) in [6.45, 7) is 0. The number of hydrogen-bond acceptors (Lipinski definition) is 5. The molecule has 1 fully saturated rings. The zero-order valence-electron chi connectivity index (χ0n) is 12.9. The van der Waals surface area contributed by atoms with Gasteiger partial charge in [-0.05, 0) is 37.8 Å². The fraction of sp³-hybridized carbons (Fsp3) is 0.375. The number of aromatic nitrogens is 3. The van der Waals surface area contributed by atoms with E-state index in [1.807, 2.05) is 0 Å². The summed E-state index contributed by atoms with van der Waals surface area (Å²) in [5.41, 5.74) is -0.398. The second-order valence-electron chi connectivity index (χ2n) is 5.68. The summed E-state index contributed by atoms with van der Waals surface area (Å²) >= 11 is 1.15. The summed E-state index contributed by atoms with van der Waals surface area (Å²) in [7, 11) is 0. The van der Waals surface area contributed by atoms with Crippen molar-refractivity contribution in [1.29, 1.82) is 5.26 Å². The van der Waals surface area contributed by atoms with E-state index in [0.717, 1.165) is 24.6 Å². The largest absolute Gasteiger partial charge is 0.337 e. The van der Waals surface area contributed by atoms with Crippen molar-refractivity contribution < 1.29 is 9.18 Å². The molecule has 24 heavy (non-hydrogen) atoms. The molecule has 0 bridgehead atoms. The van der Waals surface area contributed by atoms with Crippen LogP contribution in [0.25, 0.3) is 11.4 Å². The Morgan fingerprint density at radius 1 is 1.42 bits per heavy atom. The first kappa shape index (κ1) is 16.5. The minimum Gasteiger partial charge on any atom is -0.337 e. The molecule has 8 heteroatoms. The molecule has 2 N–H and O–H groups in total. The highest BCUT2D eigenvalue weighted by Crippen LogP contribution is 2.29. The average molecular weight is 345 g/mol. The molecule has 1 saturated carbocycles. The van der Waals surface area contributed by atoms with Crippen molar-refractivity contribution in [2.24, 2.45) is 0 Å². The molecule has 124 valence electrons. The van der Waals surface area contributed by atoms with Crippen LogP contribution in [0.2, 0.25) is 0 Å². The number of nitriles is 1. The van der Waals surface area contributed by atoms with Crippen molar-refractivity contribution >= 4 is 17.7 Å². The number of thioether (sulfide) groups is 1. The van der Waals surface area contributed by atoms with Gasteiger partial charge in [0.1, 0.15) is 11.4 Å². The molecule has 1 aromatic heterocycles. The Kier molecular flexibility index (Phi) is 4.81. The normalized spacial score (nSPS) is 15.8. The maximum Gasteiger partial charge on any atom is 0.231 e. The van der Waals surface area contributed by atoms with Gasteiger partial charge in [0.05, 0.1) is 17.4 Å². The van der Waals surface area contributed by atoms with Crippen molar-refractivity contribution in [2.75, 3.05) is 5.75 Å². The van der Waals surface area contributed by atoms with Crippen LogP contribution in [0.4, 0.5) is 4.39 Å². The highest BCUT2D eigenvalue weighted by atomic mass is 32.2. The molecule has 6 nitrogen and oxygen atoms in total. The van der Waals surface area contributed by atoms with Crippen molar-refractivity contribution in [2.45, 2.75) is 36.4 Å². The first-order valence-corrected chi connectivity index (χ1v) is 8.63. The van der Waals surface area contributed by atoms with Crippen LogP contribution in [0, 0.1) is 17.1 Å². The number of hydrogen-bond donors (Lipinski definition) is 2. The van der Waals surface area contributed by atoms with Gasteiger partial charge >= 0.3 is 0 Å². The molecule has 2 aromatic rings. The lowest BCUT2D eigenvalue weighted by Gasteiger charge is -2.21. The first-order valence-electron chi connectivity index (χ1n) is 7.64. The molecule has 0 aliphatic heterocycles. The van der Waals surface area contributed by atoms with E-state index in [-0.39, 0.29) is 17.5 Å². The zero-order valence-corrected chi connectivity index (χ0v) is 13.7. The van der Waals surface area contributed by atoms with Gasteiger partial charge in [0, 0.05) is 0 Å². The molecule has 0 saturated heterocycles. The molecule has 1 aromatic carbocycles. The molecule has 1 amide bonds. The summed E-state index contributed by atoms with van der Waals surface area (Å²) in [5.74, 6) is -0.182. The van der Waals surface area contributed by atoms with Gasteiger partial charge in [0.15, 0.2) is 5.82 Å². The van der Waals surface area contributed by atoms with E-state index in [1.54, 1.807) is 18.2 Å². The lowest BCUT2D eigenvalue weighted by molar-refractivity contribution is -0.119. The smallest absolute Gasteiger partial charge is 0.231 e. The Hall–Kier alpha value is -2.40. The van der Waals surface area contributed by atoms with Gasteiger partial charge in [0.2, 0.25) is 11.1 Å². The van der Waals surface area contributed by atoms with E-state index in [9.17, 15) is 14.4 Å². The number of halogens is 1. The van der Waals surface area contributed by atoms with Crippen LogP contribution in [0.1, 0.15) is 25.7 Å². The lowest BCUT2D eigenvalue weighted by Crippen LogP contribution is -2.45. The minimum absolute atomic E-state index is 0.109. The van der Waals surface area contributed by atoms with Gasteiger partial charge < -0.3 is 5.32 Å². The van der Waals surface area contributed by atoms with Gasteiger partial charge in [-0.25, -0.2) is 9.37 Å². The number of carbonyl (C=O) groups is 1. The van der Waals surface area contributed by atoms with E-state index >= 15 is 0 Å². The van der Waals surface area contributed by atoms with Crippen LogP contribution >= 0.6 is 11.8 Å². The third-order valence-corrected chi connectivity index (χ3v) is 4.82. The molecule has 1 heterocycles. The van der Waals surface area contributed by atoms with Crippen molar-refractivity contribution in [3.63, 3.8) is 0 Å². The van der Waals surface area contributed by atoms with E-state index < -0.39 is 5.54 Å². The van der Waals surface area contributed by atoms with Crippen LogP contribution in [0.5, 0.6) is 0 Å². The molecule has 0 atom stereocenters. The number of aromatic amines is 1. The van der Waals surface area contributed by atoms with Crippen LogP contribution in [0.3, 0.4) is 0 Å². The quantitative estimate of drug-likeness (QED) is 0.813. The first-order chi connectivity index (χ1) is 11.6. The predicted octanol–water partition coefficient (Wildman–Crippen LogP) is 2.66. The molecular formula is C16H16FN5OS. The monoisotopic (exact) mass is 345 g/mol. The van der Waals surface area contributed by atoms with Crippen LogP contribution < -0.4 is 5.32 Å². The number of benzene rings is 1. The Morgan fingerprint density at radius 2 is 2.17 bits per heavy atom. The summed E-state index contributed by atoms with van der Waals surface area (Å²) < 4.78 is 13.7. The number of rotatable bonds is 5. The van der Waals surface area contributed by atoms with Crippen molar-refractivity contribution in [3.05, 3.63) is 30.1 Å². The van der Waals surface area contributed by atoms with Gasteiger partial charge in [-0.1, -0.05) is 23.9 Å². The molecule has 0 unspecified atom stereocenters. The molecule has 0 spiro atoms. The number of H-pyrrole nitrogens is 1. The maximum absolute atomic E-state index is 13.7. The molecule has 1 aliphatic rings. The van der Waals surface area contributed by atoms with Crippen LogP contribution in [-0.4, -0.2) is 32.4 Å². The second kappa shape index (κ2) is 7.01. The van der Waals surface area contributed by atoms with Crippen LogP contribution in [-0.2, 0) is 4.79 Å². The molecular weight excluding hydrogens is 329 g/mol. The van der Waals surface area contributed by atoms with Crippen molar-refractivity contribution in [1.82, 2.24) is 20.5 Å². The summed E-state index contributed by atoms with van der Waals surface area (Å²) in [6, 6.07) is 8.48. The molecule has 1 aliphatic carbocycles. The number of carbonyl (C=O) groups excluding carboxylic acids is 1. The van der Waals surface area contributed by atoms with E-state index in [0.29, 0.717) is 29.4 Å².